The number of nitrogens with one attached hydrogen (secondary N) is 2. The summed E-state index contributed by atoms with van der Waals surface area (Å²) in [5, 5.41) is 13.3. The number of anilines is 2. The smallest absolute Gasteiger partial charge is 0.271 e. The molecule has 0 fully saturated rings. The molecule has 2 aromatic rings. The van der Waals surface area contributed by atoms with Gasteiger partial charge in [-0.1, -0.05) is 13.0 Å². The minimum atomic E-state index is -0.335. The van der Waals surface area contributed by atoms with Crippen molar-refractivity contribution >= 4 is 17.4 Å². The van der Waals surface area contributed by atoms with Crippen molar-refractivity contribution in [3.63, 3.8) is 0 Å². The maximum absolute atomic E-state index is 13.0. The van der Waals surface area contributed by atoms with Crippen molar-refractivity contribution in [1.29, 1.82) is 0 Å². The summed E-state index contributed by atoms with van der Waals surface area (Å²) in [6, 6.07) is 9.21. The molecule has 6 heteroatoms. The molecule has 20 heavy (non-hydrogen) atoms. The molecule has 0 aliphatic rings. The van der Waals surface area contributed by atoms with Crippen LogP contribution in [0.2, 0.25) is 0 Å². The molecule has 0 aliphatic carbocycles. The minimum Gasteiger partial charge on any atom is -0.351 e. The summed E-state index contributed by atoms with van der Waals surface area (Å²) in [5.74, 6) is -0.141. The Labute approximate surface area is 116 Å². The average Bonchev–Trinajstić information content (AvgIpc) is 2.45. The maximum atomic E-state index is 13.0. The molecule has 5 nitrogen and oxygen atoms in total. The predicted molar refractivity (Wildman–Crippen MR) is 74.3 cm³/mol. The van der Waals surface area contributed by atoms with E-state index in [4.69, 9.17) is 0 Å². The van der Waals surface area contributed by atoms with Crippen LogP contribution in [0.15, 0.2) is 36.4 Å². The van der Waals surface area contributed by atoms with Crippen LogP contribution in [-0.4, -0.2) is 22.6 Å². The van der Waals surface area contributed by atoms with Gasteiger partial charge in [0.15, 0.2) is 11.5 Å². The zero-order chi connectivity index (χ0) is 14.4. The maximum Gasteiger partial charge on any atom is 0.271 e. The first-order chi connectivity index (χ1) is 9.69. The molecule has 1 amide bonds. The zero-order valence-corrected chi connectivity index (χ0v) is 11.1. The van der Waals surface area contributed by atoms with Crippen LogP contribution in [0.25, 0.3) is 0 Å². The van der Waals surface area contributed by atoms with E-state index in [2.05, 4.69) is 20.8 Å². The quantitative estimate of drug-likeness (QED) is 0.879. The molecule has 1 aromatic heterocycles. The molecular weight excluding hydrogens is 259 g/mol. The molecule has 0 saturated heterocycles. The van der Waals surface area contributed by atoms with Crippen LogP contribution in [0.3, 0.4) is 0 Å². The number of halogens is 1. The van der Waals surface area contributed by atoms with Crippen LogP contribution in [0, 0.1) is 5.82 Å². The van der Waals surface area contributed by atoms with Gasteiger partial charge in [0.05, 0.1) is 0 Å². The SMILES string of the molecule is CCCNC(=O)c1ccc(Nc2cccc(F)c2)nn1. The van der Waals surface area contributed by atoms with Gasteiger partial charge in [-0.3, -0.25) is 4.79 Å². The topological polar surface area (TPSA) is 66.9 Å². The zero-order valence-electron chi connectivity index (χ0n) is 11.1. The van der Waals surface area contributed by atoms with Crippen LogP contribution in [0.4, 0.5) is 15.9 Å². The van der Waals surface area contributed by atoms with Crippen LogP contribution in [-0.2, 0) is 0 Å². The number of carbonyl (C=O) groups is 1. The lowest BCUT2D eigenvalue weighted by Gasteiger charge is -2.06. The molecule has 0 saturated carbocycles. The van der Waals surface area contributed by atoms with E-state index in [0.29, 0.717) is 18.1 Å². The lowest BCUT2D eigenvalue weighted by molar-refractivity contribution is 0.0947. The fourth-order valence-electron chi connectivity index (χ4n) is 1.56. The van der Waals surface area contributed by atoms with E-state index >= 15 is 0 Å². The number of benzene rings is 1. The molecule has 0 atom stereocenters. The fraction of sp³-hybridized carbons (Fsp3) is 0.214. The van der Waals surface area contributed by atoms with Crippen LogP contribution >= 0.6 is 0 Å². The van der Waals surface area contributed by atoms with E-state index in [1.807, 2.05) is 6.92 Å². The van der Waals surface area contributed by atoms with Crippen molar-refractivity contribution in [1.82, 2.24) is 15.5 Å². The summed E-state index contributed by atoms with van der Waals surface area (Å²) >= 11 is 0. The van der Waals surface area contributed by atoms with Gasteiger partial charge in [-0.25, -0.2) is 4.39 Å². The van der Waals surface area contributed by atoms with E-state index in [0.717, 1.165) is 6.42 Å². The molecule has 0 radical (unpaired) electrons. The highest BCUT2D eigenvalue weighted by molar-refractivity contribution is 5.92. The van der Waals surface area contributed by atoms with Crippen LogP contribution < -0.4 is 10.6 Å². The van der Waals surface area contributed by atoms with Gasteiger partial charge in [0.1, 0.15) is 5.82 Å². The second-order valence-corrected chi connectivity index (χ2v) is 4.20. The van der Waals surface area contributed by atoms with Gasteiger partial charge >= 0.3 is 0 Å². The molecule has 104 valence electrons. The predicted octanol–water partition coefficient (Wildman–Crippen LogP) is 2.50. The minimum absolute atomic E-state index is 0.253. The van der Waals surface area contributed by atoms with Gasteiger partial charge in [0, 0.05) is 12.2 Å². The molecule has 2 rings (SSSR count). The molecule has 1 heterocycles. The van der Waals surface area contributed by atoms with E-state index in [1.165, 1.54) is 12.1 Å². The van der Waals surface area contributed by atoms with Crippen LogP contribution in [0.5, 0.6) is 0 Å². The Hall–Kier alpha value is -2.50. The number of aromatic nitrogens is 2. The summed E-state index contributed by atoms with van der Waals surface area (Å²) in [6.07, 6.45) is 0.860. The lowest BCUT2D eigenvalue weighted by atomic mass is 10.3. The van der Waals surface area contributed by atoms with Crippen molar-refractivity contribution < 1.29 is 9.18 Å². The Bertz CT molecular complexity index is 586. The lowest BCUT2D eigenvalue weighted by Crippen LogP contribution is -2.25. The second-order valence-electron chi connectivity index (χ2n) is 4.20. The third-order valence-corrected chi connectivity index (χ3v) is 2.53. The van der Waals surface area contributed by atoms with E-state index in [9.17, 15) is 9.18 Å². The van der Waals surface area contributed by atoms with E-state index in [1.54, 1.807) is 24.3 Å². The largest absolute Gasteiger partial charge is 0.351 e. The average molecular weight is 274 g/mol. The highest BCUT2D eigenvalue weighted by Crippen LogP contribution is 2.14. The third-order valence-electron chi connectivity index (χ3n) is 2.53. The van der Waals surface area contributed by atoms with Crippen molar-refractivity contribution in [3.05, 3.63) is 47.9 Å². The van der Waals surface area contributed by atoms with Gasteiger partial charge in [0.2, 0.25) is 0 Å². The highest BCUT2D eigenvalue weighted by Gasteiger charge is 2.07. The summed E-state index contributed by atoms with van der Waals surface area (Å²) in [7, 11) is 0. The van der Waals surface area contributed by atoms with Crippen LogP contribution in [0.1, 0.15) is 23.8 Å². The summed E-state index contributed by atoms with van der Waals surface area (Å²) in [6.45, 7) is 2.57. The van der Waals surface area contributed by atoms with Gasteiger partial charge in [-0.2, -0.15) is 0 Å². The highest BCUT2D eigenvalue weighted by atomic mass is 19.1. The number of hydrogen-bond donors (Lipinski definition) is 2. The van der Waals surface area contributed by atoms with Crippen molar-refractivity contribution in [3.8, 4) is 0 Å². The summed E-state index contributed by atoms with van der Waals surface area (Å²) < 4.78 is 13.0. The first kappa shape index (κ1) is 13.9. The number of amides is 1. The first-order valence-electron chi connectivity index (χ1n) is 6.33. The number of carbonyl (C=O) groups excluding carboxylic acids is 1. The van der Waals surface area contributed by atoms with Crippen molar-refractivity contribution in [2.75, 3.05) is 11.9 Å². The van der Waals surface area contributed by atoms with Crippen molar-refractivity contribution in [2.24, 2.45) is 0 Å². The molecule has 0 unspecified atom stereocenters. The van der Waals surface area contributed by atoms with Crippen molar-refractivity contribution in [2.45, 2.75) is 13.3 Å². The number of rotatable bonds is 5. The molecule has 0 aliphatic heterocycles. The molecule has 2 N–H and O–H groups in total. The summed E-state index contributed by atoms with van der Waals surface area (Å²) in [4.78, 5) is 11.6. The normalized spacial score (nSPS) is 10.1. The van der Waals surface area contributed by atoms with E-state index < -0.39 is 0 Å². The number of hydrogen-bond acceptors (Lipinski definition) is 4. The Kier molecular flexibility index (Phi) is 4.60. The monoisotopic (exact) mass is 274 g/mol. The first-order valence-corrected chi connectivity index (χ1v) is 6.33. The fourth-order valence-corrected chi connectivity index (χ4v) is 1.56. The molecular formula is C14H15FN4O. The van der Waals surface area contributed by atoms with Gasteiger partial charge in [0.25, 0.3) is 5.91 Å². The Morgan fingerprint density at radius 1 is 1.25 bits per heavy atom. The van der Waals surface area contributed by atoms with Gasteiger partial charge < -0.3 is 10.6 Å². The Morgan fingerprint density at radius 2 is 2.10 bits per heavy atom. The van der Waals surface area contributed by atoms with E-state index in [-0.39, 0.29) is 17.4 Å². The molecule has 1 aromatic carbocycles. The third kappa shape index (κ3) is 3.74. The second kappa shape index (κ2) is 6.60. The number of nitrogens with zero attached hydrogens (tertiary/aromatic N) is 2. The Balaban J connectivity index is 2.03. The Morgan fingerprint density at radius 3 is 2.75 bits per heavy atom. The summed E-state index contributed by atoms with van der Waals surface area (Å²) in [5.41, 5.74) is 0.825. The van der Waals surface area contributed by atoms with Gasteiger partial charge in [-0.05, 0) is 36.8 Å². The molecule has 0 bridgehead atoms. The van der Waals surface area contributed by atoms with Gasteiger partial charge in [-0.15, -0.1) is 10.2 Å². The standard InChI is InChI=1S/C14H15FN4O/c1-2-8-16-14(20)12-6-7-13(19-18-12)17-11-5-3-4-10(15)9-11/h3-7,9H,2,8H2,1H3,(H,16,20)(H,17,19). The molecule has 0 spiro atoms.